The lowest BCUT2D eigenvalue weighted by Gasteiger charge is -2.26. The molecule has 1 aromatic heterocycles. The molecular formula is C33H44N2O5S. The molecule has 1 amide bonds. The van der Waals surface area contributed by atoms with Crippen molar-refractivity contribution < 1.29 is 24.5 Å². The normalized spacial score (nSPS) is 13.3. The Kier molecular flexibility index (Phi) is 12.2. The Labute approximate surface area is 248 Å². The second-order valence-corrected chi connectivity index (χ2v) is 11.9. The third-order valence-electron chi connectivity index (χ3n) is 7.32. The summed E-state index contributed by atoms with van der Waals surface area (Å²) >= 11 is 1.59. The molecule has 222 valence electrons. The van der Waals surface area contributed by atoms with Crippen LogP contribution >= 0.6 is 11.3 Å². The van der Waals surface area contributed by atoms with Gasteiger partial charge in [-0.3, -0.25) is 14.5 Å². The monoisotopic (exact) mass is 580 g/mol. The van der Waals surface area contributed by atoms with Gasteiger partial charge in [0.05, 0.1) is 17.7 Å². The minimum Gasteiger partial charge on any atom is -0.507 e. The number of likely N-dealkylation sites (tertiary alicyclic amines) is 1. The third kappa shape index (κ3) is 9.33. The maximum absolute atomic E-state index is 12.4. The van der Waals surface area contributed by atoms with Crippen molar-refractivity contribution in [3.8, 4) is 17.2 Å². The van der Waals surface area contributed by atoms with Gasteiger partial charge in [0.1, 0.15) is 23.9 Å². The zero-order valence-electron chi connectivity index (χ0n) is 25.0. The molecule has 0 atom stereocenters. The van der Waals surface area contributed by atoms with Crippen molar-refractivity contribution in [3.05, 3.63) is 74.5 Å². The molecule has 2 N–H and O–H groups in total. The second-order valence-electron chi connectivity index (χ2n) is 10.5. The number of ketones is 1. The molecule has 8 heteroatoms. The molecule has 3 aromatic rings. The number of phenols is 2. The highest BCUT2D eigenvalue weighted by Gasteiger charge is 2.20. The van der Waals surface area contributed by atoms with E-state index in [1.165, 1.54) is 61.4 Å². The van der Waals surface area contributed by atoms with Gasteiger partial charge in [0.15, 0.2) is 5.78 Å². The minimum absolute atomic E-state index is 0.00113. The number of phenolic OH excluding ortho intramolecular Hbond substituents is 2. The molecule has 2 heterocycles. The summed E-state index contributed by atoms with van der Waals surface area (Å²) in [5.41, 5.74) is 2.89. The fraction of sp³-hybridized carbons (Fsp3) is 0.455. The van der Waals surface area contributed by atoms with Gasteiger partial charge in [0.2, 0.25) is 0 Å². The van der Waals surface area contributed by atoms with Gasteiger partial charge in [-0.25, -0.2) is 0 Å². The summed E-state index contributed by atoms with van der Waals surface area (Å²) in [7, 11) is 1.62. The number of aryl methyl sites for hydroxylation is 3. The summed E-state index contributed by atoms with van der Waals surface area (Å²) in [6.07, 6.45) is 6.30. The fourth-order valence-electron chi connectivity index (χ4n) is 4.95. The standard InChI is InChI=1S/C17H27NO.C16H17NO4S/c1-3-15-8-9-17(14-16(15)4-2)19-13-12-18-10-6-5-7-11-18;1-9-4-5-11(22-9)8-17(3)16(21)13-6-12(10(2)18)14(19)7-15(13)20/h8-9,14H,3-7,10-13H2,1-2H3;4-7,19-20H,8H2,1-3H3. The molecule has 2 aromatic carbocycles. The van der Waals surface area contributed by atoms with Crippen LogP contribution in [0, 0.1) is 6.92 Å². The predicted molar refractivity (Wildman–Crippen MR) is 166 cm³/mol. The van der Waals surface area contributed by atoms with Crippen molar-refractivity contribution in [1.82, 2.24) is 9.80 Å². The van der Waals surface area contributed by atoms with Crippen LogP contribution in [0.25, 0.3) is 0 Å². The Balaban J connectivity index is 0.000000228. The first kappa shape index (κ1) is 32.2. The quantitative estimate of drug-likeness (QED) is 0.262. The molecule has 1 saturated heterocycles. The number of hydrogen-bond acceptors (Lipinski definition) is 7. The zero-order valence-corrected chi connectivity index (χ0v) is 25.9. The molecule has 0 radical (unpaired) electrons. The van der Waals surface area contributed by atoms with Crippen molar-refractivity contribution in [2.45, 2.75) is 66.3 Å². The van der Waals surface area contributed by atoms with E-state index in [0.29, 0.717) is 6.54 Å². The van der Waals surface area contributed by atoms with E-state index in [-0.39, 0.29) is 28.4 Å². The molecule has 41 heavy (non-hydrogen) atoms. The Morgan fingerprint density at radius 1 is 0.927 bits per heavy atom. The molecular weight excluding hydrogens is 536 g/mol. The molecule has 1 aliphatic rings. The SMILES string of the molecule is CC(=O)c1cc(C(=O)N(C)Cc2ccc(C)s2)c(O)cc1O.CCc1ccc(OCCN2CCCCC2)cc1CC. The van der Waals surface area contributed by atoms with Crippen molar-refractivity contribution in [3.63, 3.8) is 0 Å². The van der Waals surface area contributed by atoms with Crippen LogP contribution in [-0.2, 0) is 19.4 Å². The van der Waals surface area contributed by atoms with Gasteiger partial charge >= 0.3 is 0 Å². The Hall–Kier alpha value is -3.36. The van der Waals surface area contributed by atoms with Gasteiger partial charge in [-0.1, -0.05) is 26.3 Å². The topological polar surface area (TPSA) is 90.3 Å². The minimum atomic E-state index is -0.411. The molecule has 0 spiro atoms. The van der Waals surface area contributed by atoms with Crippen LogP contribution < -0.4 is 4.74 Å². The van der Waals surface area contributed by atoms with Crippen molar-refractivity contribution in [2.75, 3.05) is 33.3 Å². The summed E-state index contributed by atoms with van der Waals surface area (Å²) in [4.78, 5) is 30.1. The fourth-order valence-corrected chi connectivity index (χ4v) is 5.90. The summed E-state index contributed by atoms with van der Waals surface area (Å²) in [6.45, 7) is 12.5. The first-order valence-electron chi connectivity index (χ1n) is 14.5. The van der Waals surface area contributed by atoms with E-state index < -0.39 is 5.91 Å². The zero-order chi connectivity index (χ0) is 29.9. The van der Waals surface area contributed by atoms with E-state index in [0.717, 1.165) is 47.6 Å². The van der Waals surface area contributed by atoms with Crippen LogP contribution in [0.3, 0.4) is 0 Å². The highest BCUT2D eigenvalue weighted by molar-refractivity contribution is 7.11. The molecule has 1 fully saturated rings. The number of benzene rings is 2. The van der Waals surface area contributed by atoms with Gasteiger partial charge < -0.3 is 19.8 Å². The number of Topliss-reactive ketones (excluding diaryl/α,β-unsaturated/α-hetero) is 1. The summed E-state index contributed by atoms with van der Waals surface area (Å²) in [5, 5.41) is 19.5. The van der Waals surface area contributed by atoms with Gasteiger partial charge in [-0.2, -0.15) is 0 Å². The Morgan fingerprint density at radius 3 is 2.22 bits per heavy atom. The number of carbonyl (C=O) groups excluding carboxylic acids is 2. The number of thiophene rings is 1. The van der Waals surface area contributed by atoms with E-state index in [4.69, 9.17) is 4.74 Å². The first-order chi connectivity index (χ1) is 19.6. The van der Waals surface area contributed by atoms with E-state index in [1.807, 2.05) is 19.1 Å². The van der Waals surface area contributed by atoms with Gasteiger partial charge in [-0.05, 0) is 94.1 Å². The van der Waals surface area contributed by atoms with E-state index >= 15 is 0 Å². The Morgan fingerprint density at radius 2 is 1.61 bits per heavy atom. The summed E-state index contributed by atoms with van der Waals surface area (Å²) < 4.78 is 5.91. The lowest BCUT2D eigenvalue weighted by atomic mass is 10.0. The molecule has 0 unspecified atom stereocenters. The number of aromatic hydroxyl groups is 2. The third-order valence-corrected chi connectivity index (χ3v) is 8.31. The number of ether oxygens (including phenoxy) is 1. The largest absolute Gasteiger partial charge is 0.507 e. The smallest absolute Gasteiger partial charge is 0.257 e. The van der Waals surface area contributed by atoms with E-state index in [1.54, 1.807) is 18.4 Å². The van der Waals surface area contributed by atoms with Crippen LogP contribution in [0.2, 0.25) is 0 Å². The molecule has 0 bridgehead atoms. The van der Waals surface area contributed by atoms with Gasteiger partial charge in [-0.15, -0.1) is 11.3 Å². The number of nitrogens with zero attached hydrogens (tertiary/aromatic N) is 2. The van der Waals surface area contributed by atoms with Gasteiger partial charge in [0, 0.05) is 29.4 Å². The van der Waals surface area contributed by atoms with Crippen LogP contribution in [0.1, 0.15) is 81.6 Å². The van der Waals surface area contributed by atoms with E-state index in [2.05, 4.69) is 36.9 Å². The van der Waals surface area contributed by atoms with Gasteiger partial charge in [0.25, 0.3) is 5.91 Å². The Bertz CT molecular complexity index is 1310. The van der Waals surface area contributed by atoms with Crippen molar-refractivity contribution in [2.24, 2.45) is 0 Å². The molecule has 7 nitrogen and oxygen atoms in total. The maximum Gasteiger partial charge on any atom is 0.257 e. The van der Waals surface area contributed by atoms with Crippen LogP contribution in [0.15, 0.2) is 42.5 Å². The molecule has 1 aliphatic heterocycles. The average Bonchev–Trinajstić information content (AvgIpc) is 3.37. The van der Waals surface area contributed by atoms with Crippen LogP contribution in [-0.4, -0.2) is 65.0 Å². The first-order valence-corrected chi connectivity index (χ1v) is 15.3. The van der Waals surface area contributed by atoms with Crippen molar-refractivity contribution >= 4 is 23.0 Å². The molecule has 4 rings (SSSR count). The molecule has 0 aliphatic carbocycles. The van der Waals surface area contributed by atoms with Crippen LogP contribution in [0.5, 0.6) is 17.2 Å². The number of hydrogen-bond donors (Lipinski definition) is 2. The van der Waals surface area contributed by atoms with Crippen LogP contribution in [0.4, 0.5) is 0 Å². The number of amides is 1. The number of piperidine rings is 1. The summed E-state index contributed by atoms with van der Waals surface area (Å²) in [6, 6.07) is 12.7. The number of carbonyl (C=O) groups is 2. The molecule has 0 saturated carbocycles. The highest BCUT2D eigenvalue weighted by atomic mass is 32.1. The van der Waals surface area contributed by atoms with Crippen molar-refractivity contribution in [1.29, 1.82) is 0 Å². The van der Waals surface area contributed by atoms with E-state index in [9.17, 15) is 19.8 Å². The lowest BCUT2D eigenvalue weighted by Crippen LogP contribution is -2.33. The lowest BCUT2D eigenvalue weighted by molar-refractivity contribution is 0.0783. The average molecular weight is 581 g/mol. The number of rotatable bonds is 10. The maximum atomic E-state index is 12.4. The second kappa shape index (κ2) is 15.6. The summed E-state index contributed by atoms with van der Waals surface area (Å²) in [5.74, 6) is -0.431. The highest BCUT2D eigenvalue weighted by Crippen LogP contribution is 2.29. The predicted octanol–water partition coefficient (Wildman–Crippen LogP) is 6.62.